The van der Waals surface area contributed by atoms with Crippen molar-refractivity contribution in [2.24, 2.45) is 0 Å². The molecule has 0 atom stereocenters. The first-order valence-electron chi connectivity index (χ1n) is 5.37. The molecule has 0 aliphatic rings. The number of hydrogen-bond acceptors (Lipinski definition) is 2. The fourth-order valence-electron chi connectivity index (χ4n) is 1.61. The van der Waals surface area contributed by atoms with Crippen LogP contribution >= 0.6 is 0 Å². The minimum absolute atomic E-state index is 0.188. The molecule has 0 N–H and O–H groups in total. The molecule has 2 rings (SSSR count). The van der Waals surface area contributed by atoms with Crippen LogP contribution in [-0.2, 0) is 6.54 Å². The first kappa shape index (κ1) is 10.6. The quantitative estimate of drug-likeness (QED) is 0.733. The van der Waals surface area contributed by atoms with Gasteiger partial charge in [0.05, 0.1) is 0 Å². The summed E-state index contributed by atoms with van der Waals surface area (Å²) in [6.07, 6.45) is 7.93. The van der Waals surface area contributed by atoms with Crippen LogP contribution in [0.4, 0.5) is 0 Å². The summed E-state index contributed by atoms with van der Waals surface area (Å²) in [5, 5.41) is 0. The van der Waals surface area contributed by atoms with Gasteiger partial charge in [-0.05, 0) is 23.8 Å². The average molecular weight is 214 g/mol. The number of hydrogen-bond donors (Lipinski definition) is 0. The Morgan fingerprint density at radius 3 is 2.75 bits per heavy atom. The second-order valence-electron chi connectivity index (χ2n) is 3.70. The number of carbonyl (C=O) groups excluding carboxylic acids is 1. The van der Waals surface area contributed by atoms with Gasteiger partial charge in [-0.25, -0.2) is 0 Å². The molecule has 3 nitrogen and oxygen atoms in total. The minimum atomic E-state index is 0.188. The highest BCUT2D eigenvalue weighted by Crippen LogP contribution is 2.07. The first-order valence-corrected chi connectivity index (χ1v) is 5.37. The van der Waals surface area contributed by atoms with Gasteiger partial charge in [0.2, 0.25) is 0 Å². The maximum absolute atomic E-state index is 11.5. The van der Waals surface area contributed by atoms with Crippen molar-refractivity contribution in [3.05, 3.63) is 54.1 Å². The molecule has 2 aromatic rings. The van der Waals surface area contributed by atoms with Crippen molar-refractivity contribution in [3.8, 4) is 0 Å². The Bertz CT molecular complexity index is 474. The number of Topliss-reactive ketones (excluding diaryl/α,β-unsaturated/α-hetero) is 1. The Balaban J connectivity index is 2.12. The number of ketones is 1. The van der Waals surface area contributed by atoms with Crippen molar-refractivity contribution in [2.45, 2.75) is 19.9 Å². The highest BCUT2D eigenvalue weighted by molar-refractivity contribution is 5.95. The van der Waals surface area contributed by atoms with Crippen molar-refractivity contribution in [2.75, 3.05) is 0 Å². The summed E-state index contributed by atoms with van der Waals surface area (Å²) < 4.78 is 2.01. The van der Waals surface area contributed by atoms with Gasteiger partial charge in [0, 0.05) is 43.3 Å². The van der Waals surface area contributed by atoms with Crippen LogP contribution in [0.25, 0.3) is 0 Å². The van der Waals surface area contributed by atoms with Crippen molar-refractivity contribution in [1.29, 1.82) is 0 Å². The molecular formula is C13H14N2O. The van der Waals surface area contributed by atoms with E-state index < -0.39 is 0 Å². The molecule has 16 heavy (non-hydrogen) atoms. The molecular weight excluding hydrogens is 200 g/mol. The maximum atomic E-state index is 11.5. The third-order valence-corrected chi connectivity index (χ3v) is 2.51. The van der Waals surface area contributed by atoms with Crippen LogP contribution in [0.2, 0.25) is 0 Å². The van der Waals surface area contributed by atoms with Crippen LogP contribution < -0.4 is 0 Å². The number of nitrogens with zero attached hydrogens (tertiary/aromatic N) is 2. The molecule has 0 saturated carbocycles. The van der Waals surface area contributed by atoms with E-state index in [1.54, 1.807) is 12.4 Å². The van der Waals surface area contributed by atoms with E-state index in [2.05, 4.69) is 4.98 Å². The Hall–Kier alpha value is -1.90. The lowest BCUT2D eigenvalue weighted by Crippen LogP contribution is -1.98. The maximum Gasteiger partial charge on any atom is 0.164 e. The van der Waals surface area contributed by atoms with E-state index in [1.165, 1.54) is 5.56 Å². The summed E-state index contributed by atoms with van der Waals surface area (Å²) in [7, 11) is 0. The van der Waals surface area contributed by atoms with Crippen LogP contribution in [0.5, 0.6) is 0 Å². The molecule has 0 spiro atoms. The predicted molar refractivity (Wildman–Crippen MR) is 62.4 cm³/mol. The topological polar surface area (TPSA) is 34.9 Å². The zero-order chi connectivity index (χ0) is 11.4. The molecule has 0 aromatic carbocycles. The predicted octanol–water partition coefficient (Wildman–Crippen LogP) is 2.52. The second kappa shape index (κ2) is 4.75. The summed E-state index contributed by atoms with van der Waals surface area (Å²) in [5.74, 6) is 0.188. The normalized spacial score (nSPS) is 10.3. The lowest BCUT2D eigenvalue weighted by molar-refractivity contribution is 0.0988. The SMILES string of the molecule is CCC(=O)c1ccn(Cc2ccncc2)c1. The number of carbonyl (C=O) groups is 1. The summed E-state index contributed by atoms with van der Waals surface area (Å²) in [6.45, 7) is 2.65. The fourth-order valence-corrected chi connectivity index (χ4v) is 1.61. The number of aromatic nitrogens is 2. The summed E-state index contributed by atoms with van der Waals surface area (Å²) in [6, 6.07) is 5.82. The van der Waals surface area contributed by atoms with Crippen LogP contribution in [0.3, 0.4) is 0 Å². The van der Waals surface area contributed by atoms with Crippen molar-refractivity contribution in [1.82, 2.24) is 9.55 Å². The van der Waals surface area contributed by atoms with Gasteiger partial charge < -0.3 is 4.57 Å². The highest BCUT2D eigenvalue weighted by Gasteiger charge is 2.04. The number of pyridine rings is 1. The van der Waals surface area contributed by atoms with Crippen molar-refractivity contribution >= 4 is 5.78 Å². The van der Waals surface area contributed by atoms with Gasteiger partial charge in [0.1, 0.15) is 0 Å². The van der Waals surface area contributed by atoms with Gasteiger partial charge in [-0.3, -0.25) is 9.78 Å². The largest absolute Gasteiger partial charge is 0.349 e. The van der Waals surface area contributed by atoms with E-state index in [0.29, 0.717) is 6.42 Å². The number of rotatable bonds is 4. The highest BCUT2D eigenvalue weighted by atomic mass is 16.1. The molecule has 0 radical (unpaired) electrons. The smallest absolute Gasteiger partial charge is 0.164 e. The van der Waals surface area contributed by atoms with E-state index >= 15 is 0 Å². The Morgan fingerprint density at radius 2 is 2.06 bits per heavy atom. The monoisotopic (exact) mass is 214 g/mol. The summed E-state index contributed by atoms with van der Waals surface area (Å²) in [5.41, 5.74) is 1.97. The van der Waals surface area contributed by atoms with Gasteiger partial charge in [0.25, 0.3) is 0 Å². The van der Waals surface area contributed by atoms with Gasteiger partial charge in [-0.2, -0.15) is 0 Å². The van der Waals surface area contributed by atoms with E-state index in [0.717, 1.165) is 12.1 Å². The molecule has 82 valence electrons. The van der Waals surface area contributed by atoms with Gasteiger partial charge in [-0.1, -0.05) is 6.92 Å². The van der Waals surface area contributed by atoms with Gasteiger partial charge in [0.15, 0.2) is 5.78 Å². The lowest BCUT2D eigenvalue weighted by atomic mass is 10.2. The molecule has 0 amide bonds. The zero-order valence-corrected chi connectivity index (χ0v) is 9.26. The molecule has 2 heterocycles. The molecule has 0 aliphatic heterocycles. The van der Waals surface area contributed by atoms with Crippen LogP contribution in [-0.4, -0.2) is 15.3 Å². The van der Waals surface area contributed by atoms with Crippen LogP contribution in [0.15, 0.2) is 43.0 Å². The average Bonchev–Trinajstić information content (AvgIpc) is 2.78. The standard InChI is InChI=1S/C13H14N2O/c1-2-13(16)12-5-8-15(10-12)9-11-3-6-14-7-4-11/h3-8,10H,2,9H2,1H3. The molecule has 0 bridgehead atoms. The van der Waals surface area contributed by atoms with E-state index in [-0.39, 0.29) is 5.78 Å². The molecule has 0 saturated heterocycles. The van der Waals surface area contributed by atoms with Gasteiger partial charge in [-0.15, -0.1) is 0 Å². The van der Waals surface area contributed by atoms with Crippen molar-refractivity contribution < 1.29 is 4.79 Å². The molecule has 0 aliphatic carbocycles. The zero-order valence-electron chi connectivity index (χ0n) is 9.26. The van der Waals surface area contributed by atoms with Crippen LogP contribution in [0, 0.1) is 0 Å². The van der Waals surface area contributed by atoms with E-state index in [1.807, 2.05) is 42.1 Å². The first-order chi connectivity index (χ1) is 7.79. The fraction of sp³-hybridized carbons (Fsp3) is 0.231. The van der Waals surface area contributed by atoms with Gasteiger partial charge >= 0.3 is 0 Å². The third-order valence-electron chi connectivity index (χ3n) is 2.51. The molecule has 2 aromatic heterocycles. The van der Waals surface area contributed by atoms with E-state index in [9.17, 15) is 4.79 Å². The van der Waals surface area contributed by atoms with E-state index in [4.69, 9.17) is 0 Å². The minimum Gasteiger partial charge on any atom is -0.349 e. The van der Waals surface area contributed by atoms with Crippen molar-refractivity contribution in [3.63, 3.8) is 0 Å². The molecule has 3 heteroatoms. The summed E-state index contributed by atoms with van der Waals surface area (Å²) >= 11 is 0. The Labute approximate surface area is 94.7 Å². The molecule has 0 fully saturated rings. The Morgan fingerprint density at radius 1 is 1.31 bits per heavy atom. The summed E-state index contributed by atoms with van der Waals surface area (Å²) in [4.78, 5) is 15.4. The Kier molecular flexibility index (Phi) is 3.15. The lowest BCUT2D eigenvalue weighted by Gasteiger charge is -2.01. The third kappa shape index (κ3) is 2.37. The molecule has 0 unspecified atom stereocenters. The second-order valence-corrected chi connectivity index (χ2v) is 3.70. The van der Waals surface area contributed by atoms with Crippen LogP contribution in [0.1, 0.15) is 29.3 Å².